The van der Waals surface area contributed by atoms with Crippen LogP contribution in [0.25, 0.3) is 10.9 Å². The molecule has 1 aliphatic carbocycles. The van der Waals surface area contributed by atoms with Gasteiger partial charge >= 0.3 is 0 Å². The van der Waals surface area contributed by atoms with Crippen LogP contribution in [0.4, 0.5) is 11.8 Å². The Morgan fingerprint density at radius 1 is 0.850 bits per heavy atom. The van der Waals surface area contributed by atoms with E-state index in [1.54, 1.807) is 18.2 Å². The second kappa shape index (κ2) is 11.8. The first-order valence-electron chi connectivity index (χ1n) is 13.2. The Kier molecular flexibility index (Phi) is 8.41. The fourth-order valence-electron chi connectivity index (χ4n) is 4.97. The lowest BCUT2D eigenvalue weighted by Gasteiger charge is -2.28. The third-order valence-electron chi connectivity index (χ3n) is 7.26. The third kappa shape index (κ3) is 6.30. The van der Waals surface area contributed by atoms with Gasteiger partial charge in [-0.3, -0.25) is 0 Å². The molecule has 0 bridgehead atoms. The summed E-state index contributed by atoms with van der Waals surface area (Å²) in [5.41, 5.74) is 0.898. The Bertz CT molecular complexity index is 1680. The highest BCUT2D eigenvalue weighted by molar-refractivity contribution is 7.93. The van der Waals surface area contributed by atoms with Gasteiger partial charge in [-0.05, 0) is 67.9 Å². The van der Waals surface area contributed by atoms with Gasteiger partial charge in [0.2, 0.25) is 25.8 Å². The molecule has 0 radical (unpaired) electrons. The van der Waals surface area contributed by atoms with Gasteiger partial charge in [-0.15, -0.1) is 11.3 Å². The highest BCUT2D eigenvalue weighted by atomic mass is 32.2. The van der Waals surface area contributed by atoms with Crippen molar-refractivity contribution < 1.29 is 16.8 Å². The lowest BCUT2D eigenvalue weighted by Crippen LogP contribution is -2.32. The molecule has 1 fully saturated rings. The van der Waals surface area contributed by atoms with Crippen LogP contribution < -0.4 is 14.9 Å². The summed E-state index contributed by atoms with van der Waals surface area (Å²) >= 11 is 0.920. The van der Waals surface area contributed by atoms with E-state index in [-0.39, 0.29) is 19.9 Å². The molecule has 12 heteroatoms. The maximum absolute atomic E-state index is 12.9. The molecule has 0 spiro atoms. The number of aromatic nitrogens is 2. The standard InChI is InChI=1S/C28H33N5O4S3/c1-33(2)27-24-10-6-7-11-25(24)31-28(32-27)29-17-20-12-14-21(15-13-20)18-30-40(36,37)26-16-23(19-38-26)39(34,35)22-8-4-3-5-9-22/h3-11,16,19-21,30H,12-15,17-18H2,1-2H3,(H,29,31,32)/t20-,21-. The smallest absolute Gasteiger partial charge is 0.250 e. The highest BCUT2D eigenvalue weighted by Crippen LogP contribution is 2.31. The summed E-state index contributed by atoms with van der Waals surface area (Å²) in [4.78, 5) is 11.5. The molecule has 212 valence electrons. The lowest BCUT2D eigenvalue weighted by molar-refractivity contribution is 0.284. The second-order valence-corrected chi connectivity index (χ2v) is 15.2. The van der Waals surface area contributed by atoms with Crippen molar-refractivity contribution in [3.05, 3.63) is 66.0 Å². The van der Waals surface area contributed by atoms with Crippen molar-refractivity contribution >= 4 is 53.9 Å². The van der Waals surface area contributed by atoms with Crippen molar-refractivity contribution in [1.82, 2.24) is 14.7 Å². The van der Waals surface area contributed by atoms with Gasteiger partial charge in [0.1, 0.15) is 10.0 Å². The van der Waals surface area contributed by atoms with E-state index in [1.165, 1.54) is 23.6 Å². The number of sulfone groups is 1. The predicted octanol–water partition coefficient (Wildman–Crippen LogP) is 4.79. The number of nitrogens with zero attached hydrogens (tertiary/aromatic N) is 3. The molecule has 2 aromatic carbocycles. The SMILES string of the molecule is CN(C)c1nc(NC[C@H]2CC[C@H](CNS(=O)(=O)c3cc(S(=O)(=O)c4ccccc4)cs3)CC2)nc2ccccc12. The summed E-state index contributed by atoms with van der Waals surface area (Å²) in [5, 5.41) is 5.81. The minimum Gasteiger partial charge on any atom is -0.362 e. The van der Waals surface area contributed by atoms with Crippen LogP contribution in [-0.2, 0) is 19.9 Å². The Labute approximate surface area is 239 Å². The molecule has 0 aliphatic heterocycles. The van der Waals surface area contributed by atoms with E-state index in [0.717, 1.165) is 60.3 Å². The number of sulfonamides is 1. The van der Waals surface area contributed by atoms with Crippen LogP contribution in [0.15, 0.2) is 80.0 Å². The molecule has 0 saturated heterocycles. The fourth-order valence-corrected chi connectivity index (χ4v) is 9.04. The van der Waals surface area contributed by atoms with Crippen molar-refractivity contribution in [1.29, 1.82) is 0 Å². The van der Waals surface area contributed by atoms with Crippen molar-refractivity contribution in [2.24, 2.45) is 11.8 Å². The number of hydrogen-bond donors (Lipinski definition) is 2. The first-order valence-corrected chi connectivity index (χ1v) is 17.0. The molecule has 40 heavy (non-hydrogen) atoms. The Balaban J connectivity index is 1.13. The summed E-state index contributed by atoms with van der Waals surface area (Å²) < 4.78 is 54.2. The molecule has 1 saturated carbocycles. The number of para-hydroxylation sites is 1. The largest absolute Gasteiger partial charge is 0.362 e. The maximum atomic E-state index is 12.9. The molecular formula is C28H33N5O4S3. The van der Waals surface area contributed by atoms with Gasteiger partial charge in [-0.1, -0.05) is 30.3 Å². The summed E-state index contributed by atoms with van der Waals surface area (Å²) in [6, 6.07) is 17.2. The number of anilines is 2. The van der Waals surface area contributed by atoms with Crippen LogP contribution >= 0.6 is 11.3 Å². The lowest BCUT2D eigenvalue weighted by atomic mass is 9.82. The van der Waals surface area contributed by atoms with E-state index in [1.807, 2.05) is 43.3 Å². The van der Waals surface area contributed by atoms with Crippen LogP contribution in [0, 0.1) is 11.8 Å². The summed E-state index contributed by atoms with van der Waals surface area (Å²) in [6.07, 6.45) is 3.78. The number of fused-ring (bicyclic) bond motifs is 1. The Hall–Kier alpha value is -3.06. The first-order chi connectivity index (χ1) is 19.1. The van der Waals surface area contributed by atoms with E-state index >= 15 is 0 Å². The summed E-state index contributed by atoms with van der Waals surface area (Å²) in [6.45, 7) is 1.10. The van der Waals surface area contributed by atoms with Crippen LogP contribution in [-0.4, -0.2) is 54.0 Å². The second-order valence-electron chi connectivity index (χ2n) is 10.3. The van der Waals surface area contributed by atoms with Gasteiger partial charge in [0.05, 0.1) is 15.3 Å². The topological polar surface area (TPSA) is 121 Å². The molecule has 0 amide bonds. The molecule has 0 atom stereocenters. The van der Waals surface area contributed by atoms with Gasteiger partial charge in [-0.2, -0.15) is 4.98 Å². The van der Waals surface area contributed by atoms with Gasteiger partial charge in [0.25, 0.3) is 0 Å². The molecule has 2 aromatic heterocycles. The molecule has 0 unspecified atom stereocenters. The maximum Gasteiger partial charge on any atom is 0.250 e. The zero-order valence-corrected chi connectivity index (χ0v) is 24.9. The van der Waals surface area contributed by atoms with Gasteiger partial charge in [0, 0.05) is 38.0 Å². The van der Waals surface area contributed by atoms with E-state index in [9.17, 15) is 16.8 Å². The molecule has 1 aliphatic rings. The molecular weight excluding hydrogens is 567 g/mol. The summed E-state index contributed by atoms with van der Waals surface area (Å²) in [7, 11) is -3.62. The number of hydrogen-bond acceptors (Lipinski definition) is 9. The fraction of sp³-hybridized carbons (Fsp3) is 0.357. The van der Waals surface area contributed by atoms with Crippen LogP contribution in [0.5, 0.6) is 0 Å². The highest BCUT2D eigenvalue weighted by Gasteiger charge is 2.26. The number of rotatable bonds is 10. The molecule has 2 heterocycles. The van der Waals surface area contributed by atoms with Crippen LogP contribution in [0.2, 0.25) is 0 Å². The van der Waals surface area contributed by atoms with E-state index < -0.39 is 19.9 Å². The first kappa shape index (κ1) is 28.5. The number of nitrogens with one attached hydrogen (secondary N) is 2. The molecule has 5 rings (SSSR count). The van der Waals surface area contributed by atoms with Crippen molar-refractivity contribution in [3.63, 3.8) is 0 Å². The van der Waals surface area contributed by atoms with E-state index in [2.05, 4.69) is 15.0 Å². The zero-order valence-electron chi connectivity index (χ0n) is 22.4. The quantitative estimate of drug-likeness (QED) is 0.267. The van der Waals surface area contributed by atoms with E-state index in [0.29, 0.717) is 18.4 Å². The van der Waals surface area contributed by atoms with Gasteiger partial charge < -0.3 is 10.2 Å². The van der Waals surface area contributed by atoms with Crippen molar-refractivity contribution in [3.8, 4) is 0 Å². The Morgan fingerprint density at radius 2 is 1.50 bits per heavy atom. The number of benzene rings is 2. The van der Waals surface area contributed by atoms with Crippen LogP contribution in [0.1, 0.15) is 25.7 Å². The summed E-state index contributed by atoms with van der Waals surface area (Å²) in [5.74, 6) is 2.17. The third-order valence-corrected chi connectivity index (χ3v) is 12.0. The van der Waals surface area contributed by atoms with Crippen molar-refractivity contribution in [2.45, 2.75) is 39.7 Å². The normalized spacial score (nSPS) is 18.1. The zero-order chi connectivity index (χ0) is 28.3. The number of thiophene rings is 1. The monoisotopic (exact) mass is 599 g/mol. The average molecular weight is 600 g/mol. The van der Waals surface area contributed by atoms with Gasteiger partial charge in [-0.25, -0.2) is 26.5 Å². The van der Waals surface area contributed by atoms with Gasteiger partial charge in [0.15, 0.2) is 0 Å². The van der Waals surface area contributed by atoms with E-state index in [4.69, 9.17) is 4.98 Å². The van der Waals surface area contributed by atoms with Crippen molar-refractivity contribution in [2.75, 3.05) is 37.4 Å². The molecule has 2 N–H and O–H groups in total. The van der Waals surface area contributed by atoms with Crippen LogP contribution in [0.3, 0.4) is 0 Å². The molecule has 9 nitrogen and oxygen atoms in total. The minimum atomic E-state index is -3.80. The molecule has 4 aromatic rings. The minimum absolute atomic E-state index is 0.00682. The Morgan fingerprint density at radius 3 is 2.20 bits per heavy atom. The predicted molar refractivity (Wildman–Crippen MR) is 159 cm³/mol. The average Bonchev–Trinajstić information content (AvgIpc) is 3.48.